The van der Waals surface area contributed by atoms with Crippen molar-refractivity contribution in [3.8, 4) is 5.75 Å². The summed E-state index contributed by atoms with van der Waals surface area (Å²) in [5, 5.41) is 10.8. The molecular formula is C15H11FN2O3S2. The molecule has 0 amide bonds. The van der Waals surface area contributed by atoms with E-state index in [0.29, 0.717) is 17.0 Å². The predicted molar refractivity (Wildman–Crippen MR) is 88.8 cm³/mol. The maximum absolute atomic E-state index is 13.4. The van der Waals surface area contributed by atoms with E-state index in [2.05, 4.69) is 4.98 Å². The van der Waals surface area contributed by atoms with Crippen LogP contribution in [-0.4, -0.2) is 17.0 Å². The zero-order valence-corrected chi connectivity index (χ0v) is 13.6. The largest absolute Gasteiger partial charge is 0.496 e. The lowest BCUT2D eigenvalue weighted by Crippen LogP contribution is -1.91. The van der Waals surface area contributed by atoms with Crippen LogP contribution in [0.4, 0.5) is 10.1 Å². The molecule has 0 radical (unpaired) electrons. The number of thioether (sulfide) groups is 1. The van der Waals surface area contributed by atoms with Crippen LogP contribution < -0.4 is 4.74 Å². The average Bonchev–Trinajstić information content (AvgIpc) is 2.94. The summed E-state index contributed by atoms with van der Waals surface area (Å²) in [4.78, 5) is 14.8. The lowest BCUT2D eigenvalue weighted by atomic mass is 10.2. The van der Waals surface area contributed by atoms with Crippen molar-refractivity contribution in [1.29, 1.82) is 0 Å². The van der Waals surface area contributed by atoms with Gasteiger partial charge >= 0.3 is 0 Å². The van der Waals surface area contributed by atoms with Gasteiger partial charge in [0.05, 0.1) is 22.2 Å². The first kappa shape index (κ1) is 15.7. The highest BCUT2D eigenvalue weighted by Gasteiger charge is 2.12. The quantitative estimate of drug-likeness (QED) is 0.381. The monoisotopic (exact) mass is 350 g/mol. The molecule has 0 bridgehead atoms. The standard InChI is InChI=1S/C15H11FN2O3S2/c1-21-13-5-2-10(16)6-9(13)8-22-15-17-12-4-3-11(18(19)20)7-14(12)23-15/h2-7H,8H2,1H3. The summed E-state index contributed by atoms with van der Waals surface area (Å²) in [5.74, 6) is 0.806. The molecule has 3 aromatic rings. The van der Waals surface area contributed by atoms with Crippen LogP contribution in [0.2, 0.25) is 0 Å². The molecule has 0 unspecified atom stereocenters. The van der Waals surface area contributed by atoms with Crippen LogP contribution in [0.15, 0.2) is 40.7 Å². The molecule has 1 aromatic heterocycles. The average molecular weight is 350 g/mol. The number of ether oxygens (including phenoxy) is 1. The predicted octanol–water partition coefficient (Wildman–Crippen LogP) is 4.64. The third kappa shape index (κ3) is 3.43. The molecule has 0 aliphatic carbocycles. The van der Waals surface area contributed by atoms with E-state index < -0.39 is 4.92 Å². The molecule has 1 heterocycles. The van der Waals surface area contributed by atoms with Crippen molar-refractivity contribution < 1.29 is 14.1 Å². The Morgan fingerprint density at radius 1 is 1.35 bits per heavy atom. The molecule has 0 spiro atoms. The Bertz CT molecular complexity index is 882. The fourth-order valence-corrected chi connectivity index (χ4v) is 4.15. The number of aromatic nitrogens is 1. The Balaban J connectivity index is 1.82. The lowest BCUT2D eigenvalue weighted by Gasteiger charge is -2.07. The summed E-state index contributed by atoms with van der Waals surface area (Å²) in [7, 11) is 1.54. The van der Waals surface area contributed by atoms with E-state index in [9.17, 15) is 14.5 Å². The van der Waals surface area contributed by atoms with Gasteiger partial charge in [-0.2, -0.15) is 0 Å². The highest BCUT2D eigenvalue weighted by atomic mass is 32.2. The highest BCUT2D eigenvalue weighted by molar-refractivity contribution is 8.00. The summed E-state index contributed by atoms with van der Waals surface area (Å²) in [6.07, 6.45) is 0. The van der Waals surface area contributed by atoms with Gasteiger partial charge in [-0.25, -0.2) is 9.37 Å². The van der Waals surface area contributed by atoms with Gasteiger partial charge in [-0.05, 0) is 24.3 Å². The number of nitro groups is 1. The smallest absolute Gasteiger partial charge is 0.270 e. The van der Waals surface area contributed by atoms with Crippen molar-refractivity contribution in [1.82, 2.24) is 4.98 Å². The van der Waals surface area contributed by atoms with Gasteiger partial charge in [0.25, 0.3) is 5.69 Å². The molecule has 2 aromatic carbocycles. The molecule has 118 valence electrons. The van der Waals surface area contributed by atoms with E-state index in [0.717, 1.165) is 14.6 Å². The van der Waals surface area contributed by atoms with E-state index in [-0.39, 0.29) is 11.5 Å². The maximum Gasteiger partial charge on any atom is 0.270 e. The van der Waals surface area contributed by atoms with Crippen molar-refractivity contribution in [2.45, 2.75) is 10.1 Å². The minimum absolute atomic E-state index is 0.0458. The van der Waals surface area contributed by atoms with Gasteiger partial charge in [0.1, 0.15) is 11.6 Å². The minimum atomic E-state index is -0.427. The summed E-state index contributed by atoms with van der Waals surface area (Å²) >= 11 is 2.82. The van der Waals surface area contributed by atoms with E-state index in [1.54, 1.807) is 12.1 Å². The number of fused-ring (bicyclic) bond motifs is 1. The number of halogens is 1. The van der Waals surface area contributed by atoms with Crippen molar-refractivity contribution in [2.75, 3.05) is 7.11 Å². The van der Waals surface area contributed by atoms with E-state index in [1.807, 2.05) is 0 Å². The number of rotatable bonds is 5. The summed E-state index contributed by atoms with van der Waals surface area (Å²) in [6.45, 7) is 0. The van der Waals surface area contributed by atoms with Gasteiger partial charge in [-0.3, -0.25) is 10.1 Å². The second-order valence-corrected chi connectivity index (χ2v) is 6.89. The summed E-state index contributed by atoms with van der Waals surface area (Å²) in [5.41, 5.74) is 1.50. The van der Waals surface area contributed by atoms with Crippen LogP contribution in [0.25, 0.3) is 10.2 Å². The molecule has 0 aliphatic heterocycles. The Hall–Kier alpha value is -2.19. The van der Waals surface area contributed by atoms with Gasteiger partial charge in [0.2, 0.25) is 0 Å². The normalized spacial score (nSPS) is 10.9. The first-order valence-electron chi connectivity index (χ1n) is 6.57. The van der Waals surface area contributed by atoms with Crippen molar-refractivity contribution in [3.05, 3.63) is 57.9 Å². The molecule has 0 aliphatic rings. The third-order valence-corrected chi connectivity index (χ3v) is 5.37. The highest BCUT2D eigenvalue weighted by Crippen LogP contribution is 2.35. The zero-order valence-electron chi connectivity index (χ0n) is 12.0. The van der Waals surface area contributed by atoms with Crippen LogP contribution in [0.3, 0.4) is 0 Å². The first-order chi connectivity index (χ1) is 11.1. The SMILES string of the molecule is COc1ccc(F)cc1CSc1nc2ccc([N+](=O)[O-])cc2s1. The number of hydrogen-bond acceptors (Lipinski definition) is 6. The number of benzene rings is 2. The van der Waals surface area contributed by atoms with Gasteiger partial charge in [0.15, 0.2) is 4.34 Å². The number of methoxy groups -OCH3 is 1. The molecule has 8 heteroatoms. The Morgan fingerprint density at radius 3 is 2.91 bits per heavy atom. The van der Waals surface area contributed by atoms with Crippen molar-refractivity contribution in [2.24, 2.45) is 0 Å². The summed E-state index contributed by atoms with van der Waals surface area (Å²) in [6, 6.07) is 8.96. The second kappa shape index (κ2) is 6.51. The van der Waals surface area contributed by atoms with Crippen LogP contribution >= 0.6 is 23.1 Å². The number of thiazole rings is 1. The van der Waals surface area contributed by atoms with E-state index >= 15 is 0 Å². The van der Waals surface area contributed by atoms with Crippen LogP contribution in [0.5, 0.6) is 5.75 Å². The summed E-state index contributed by atoms with van der Waals surface area (Å²) < 4.78 is 20.1. The van der Waals surface area contributed by atoms with Crippen LogP contribution in [-0.2, 0) is 5.75 Å². The lowest BCUT2D eigenvalue weighted by molar-refractivity contribution is -0.384. The first-order valence-corrected chi connectivity index (χ1v) is 8.37. The van der Waals surface area contributed by atoms with Crippen molar-refractivity contribution >= 4 is 39.0 Å². The Morgan fingerprint density at radius 2 is 2.17 bits per heavy atom. The molecule has 0 saturated carbocycles. The van der Waals surface area contributed by atoms with Gasteiger partial charge in [0, 0.05) is 23.4 Å². The van der Waals surface area contributed by atoms with Gasteiger partial charge in [-0.15, -0.1) is 11.3 Å². The number of nitro benzene ring substituents is 1. The molecular weight excluding hydrogens is 339 g/mol. The van der Waals surface area contributed by atoms with E-state index in [4.69, 9.17) is 4.74 Å². The maximum atomic E-state index is 13.4. The Kier molecular flexibility index (Phi) is 4.44. The second-order valence-electron chi connectivity index (χ2n) is 4.63. The number of hydrogen-bond donors (Lipinski definition) is 0. The zero-order chi connectivity index (χ0) is 16.4. The fraction of sp³-hybridized carbons (Fsp3) is 0.133. The molecule has 0 atom stereocenters. The third-order valence-electron chi connectivity index (χ3n) is 3.16. The van der Waals surface area contributed by atoms with Gasteiger partial charge < -0.3 is 4.74 Å². The van der Waals surface area contributed by atoms with Crippen LogP contribution in [0.1, 0.15) is 5.56 Å². The molecule has 3 rings (SSSR count). The molecule has 0 N–H and O–H groups in total. The van der Waals surface area contributed by atoms with Crippen LogP contribution in [0, 0.1) is 15.9 Å². The molecule has 23 heavy (non-hydrogen) atoms. The molecule has 5 nitrogen and oxygen atoms in total. The topological polar surface area (TPSA) is 65.3 Å². The molecule has 0 saturated heterocycles. The molecule has 0 fully saturated rings. The minimum Gasteiger partial charge on any atom is -0.496 e. The van der Waals surface area contributed by atoms with Gasteiger partial charge in [-0.1, -0.05) is 11.8 Å². The fourth-order valence-electron chi connectivity index (χ4n) is 2.07. The number of nitrogens with zero attached hydrogens (tertiary/aromatic N) is 2. The Labute approximate surface area is 139 Å². The number of non-ortho nitro benzene ring substituents is 1. The van der Waals surface area contributed by atoms with E-state index in [1.165, 1.54) is 54.5 Å². The van der Waals surface area contributed by atoms with Crippen molar-refractivity contribution in [3.63, 3.8) is 0 Å².